The Labute approximate surface area is 160 Å². The van der Waals surface area contributed by atoms with Gasteiger partial charge in [-0.25, -0.2) is 0 Å². The maximum atomic E-state index is 12.9. The van der Waals surface area contributed by atoms with Crippen LogP contribution in [0.4, 0.5) is 5.69 Å². The van der Waals surface area contributed by atoms with E-state index in [0.717, 1.165) is 11.3 Å². The van der Waals surface area contributed by atoms with Gasteiger partial charge in [0.1, 0.15) is 5.69 Å². The molecule has 0 aliphatic heterocycles. The van der Waals surface area contributed by atoms with E-state index in [1.54, 1.807) is 6.20 Å². The predicted molar refractivity (Wildman–Crippen MR) is 110 cm³/mol. The number of rotatable bonds is 7. The molecule has 3 rings (SSSR count). The van der Waals surface area contributed by atoms with Crippen LogP contribution in [-0.4, -0.2) is 22.3 Å². The average molecular weight is 359 g/mol. The van der Waals surface area contributed by atoms with Crippen LogP contribution < -0.4 is 5.32 Å². The molecule has 2 aromatic carbocycles. The van der Waals surface area contributed by atoms with Crippen LogP contribution in [0.1, 0.15) is 41.5 Å². The van der Waals surface area contributed by atoms with E-state index in [9.17, 15) is 4.79 Å². The molecule has 4 heteroatoms. The van der Waals surface area contributed by atoms with Gasteiger partial charge in [-0.1, -0.05) is 60.7 Å². The molecule has 1 atom stereocenters. The summed E-state index contributed by atoms with van der Waals surface area (Å²) >= 11 is 0. The van der Waals surface area contributed by atoms with Crippen LogP contribution in [0, 0.1) is 0 Å². The monoisotopic (exact) mass is 359 g/mol. The second-order valence-corrected chi connectivity index (χ2v) is 6.51. The molecular weight excluding hydrogens is 334 g/mol. The number of hydrogen-bond donors (Lipinski definition) is 1. The minimum absolute atomic E-state index is 0.0580. The maximum absolute atomic E-state index is 12.9. The fourth-order valence-electron chi connectivity index (χ4n) is 3.01. The number of benzene rings is 2. The third-order valence-corrected chi connectivity index (χ3v) is 4.55. The van der Waals surface area contributed by atoms with E-state index in [1.807, 2.05) is 72.5 Å². The molecule has 1 N–H and O–H groups in total. The van der Waals surface area contributed by atoms with Crippen LogP contribution >= 0.6 is 0 Å². The lowest BCUT2D eigenvalue weighted by Gasteiger charge is -2.21. The number of carbonyl (C=O) groups is 1. The summed E-state index contributed by atoms with van der Waals surface area (Å²) in [5.41, 5.74) is 3.65. The molecule has 0 saturated heterocycles. The molecule has 0 spiro atoms. The van der Waals surface area contributed by atoms with E-state index in [2.05, 4.69) is 29.4 Å². The van der Waals surface area contributed by atoms with Gasteiger partial charge < -0.3 is 10.2 Å². The predicted octanol–water partition coefficient (Wildman–Crippen LogP) is 4.92. The molecule has 4 nitrogen and oxygen atoms in total. The Bertz CT molecular complexity index is 865. The van der Waals surface area contributed by atoms with Crippen molar-refractivity contribution < 1.29 is 4.79 Å². The Morgan fingerprint density at radius 2 is 1.70 bits per heavy atom. The lowest BCUT2D eigenvalue weighted by molar-refractivity contribution is 0.0746. The second-order valence-electron chi connectivity index (χ2n) is 6.51. The number of nitrogens with zero attached hydrogens (tertiary/aromatic N) is 2. The zero-order valence-electron chi connectivity index (χ0n) is 15.8. The highest BCUT2D eigenvalue weighted by Crippen LogP contribution is 2.20. The number of anilines is 1. The summed E-state index contributed by atoms with van der Waals surface area (Å²) in [6.45, 7) is 5.30. The van der Waals surface area contributed by atoms with Gasteiger partial charge in [-0.05, 0) is 37.1 Å². The second kappa shape index (κ2) is 8.99. The minimum Gasteiger partial charge on any atom is -0.378 e. The molecule has 0 aliphatic rings. The molecule has 0 fully saturated rings. The van der Waals surface area contributed by atoms with E-state index in [0.29, 0.717) is 18.8 Å². The summed E-state index contributed by atoms with van der Waals surface area (Å²) in [6, 6.07) is 24.1. The molecule has 1 heterocycles. The molecule has 3 aromatic rings. The van der Waals surface area contributed by atoms with Crippen molar-refractivity contribution in [1.82, 2.24) is 9.88 Å². The van der Waals surface area contributed by atoms with Crippen molar-refractivity contribution in [2.45, 2.75) is 26.4 Å². The molecule has 1 amide bonds. The normalized spacial score (nSPS) is 11.6. The Morgan fingerprint density at radius 1 is 1.04 bits per heavy atom. The first kappa shape index (κ1) is 18.6. The standard InChI is InChI=1S/C23H25N3O/c1-3-26(17-19-10-6-4-7-11-19)23(27)22-16-21(14-15-24-22)25-18(2)20-12-8-5-9-13-20/h4-16,18H,3,17H2,1-2H3,(H,24,25). The molecule has 27 heavy (non-hydrogen) atoms. The molecule has 1 unspecified atom stereocenters. The quantitative estimate of drug-likeness (QED) is 0.651. The zero-order valence-corrected chi connectivity index (χ0v) is 15.8. The van der Waals surface area contributed by atoms with Gasteiger partial charge in [0.15, 0.2) is 0 Å². The summed E-state index contributed by atoms with van der Waals surface area (Å²) in [4.78, 5) is 19.0. The van der Waals surface area contributed by atoms with Crippen molar-refractivity contribution in [1.29, 1.82) is 0 Å². The Balaban J connectivity index is 1.72. The number of hydrogen-bond acceptors (Lipinski definition) is 3. The SMILES string of the molecule is CCN(Cc1ccccc1)C(=O)c1cc(NC(C)c2ccccc2)ccn1. The summed E-state index contributed by atoms with van der Waals surface area (Å²) in [5, 5.41) is 3.45. The van der Waals surface area contributed by atoms with Crippen molar-refractivity contribution in [2.24, 2.45) is 0 Å². The number of nitrogens with one attached hydrogen (secondary N) is 1. The lowest BCUT2D eigenvalue weighted by atomic mass is 10.1. The van der Waals surface area contributed by atoms with Crippen molar-refractivity contribution in [2.75, 3.05) is 11.9 Å². The van der Waals surface area contributed by atoms with Gasteiger partial charge >= 0.3 is 0 Å². The smallest absolute Gasteiger partial charge is 0.272 e. The van der Waals surface area contributed by atoms with Crippen molar-refractivity contribution >= 4 is 11.6 Å². The molecule has 0 bridgehead atoms. The first-order chi connectivity index (χ1) is 13.2. The van der Waals surface area contributed by atoms with Gasteiger partial charge in [0, 0.05) is 31.0 Å². The van der Waals surface area contributed by atoms with E-state index in [1.165, 1.54) is 5.56 Å². The summed E-state index contributed by atoms with van der Waals surface area (Å²) < 4.78 is 0. The fraction of sp³-hybridized carbons (Fsp3) is 0.217. The Morgan fingerprint density at radius 3 is 2.37 bits per heavy atom. The molecule has 138 valence electrons. The molecule has 0 saturated carbocycles. The van der Waals surface area contributed by atoms with E-state index in [4.69, 9.17) is 0 Å². The topological polar surface area (TPSA) is 45.2 Å². The Kier molecular flexibility index (Phi) is 6.21. The zero-order chi connectivity index (χ0) is 19.1. The maximum Gasteiger partial charge on any atom is 0.272 e. The van der Waals surface area contributed by atoms with Gasteiger partial charge in [0.05, 0.1) is 0 Å². The van der Waals surface area contributed by atoms with E-state index in [-0.39, 0.29) is 11.9 Å². The van der Waals surface area contributed by atoms with Crippen LogP contribution in [0.5, 0.6) is 0 Å². The third-order valence-electron chi connectivity index (χ3n) is 4.55. The first-order valence-corrected chi connectivity index (χ1v) is 9.28. The van der Waals surface area contributed by atoms with Crippen LogP contribution in [0.15, 0.2) is 79.0 Å². The summed E-state index contributed by atoms with van der Waals surface area (Å²) in [5.74, 6) is -0.0580. The number of pyridine rings is 1. The number of amides is 1. The molecule has 0 radical (unpaired) electrons. The molecule has 0 aliphatic carbocycles. The van der Waals surface area contributed by atoms with E-state index < -0.39 is 0 Å². The average Bonchev–Trinajstić information content (AvgIpc) is 2.73. The van der Waals surface area contributed by atoms with Gasteiger partial charge in [-0.15, -0.1) is 0 Å². The minimum atomic E-state index is -0.0580. The molecule has 1 aromatic heterocycles. The van der Waals surface area contributed by atoms with Crippen LogP contribution in [0.25, 0.3) is 0 Å². The summed E-state index contributed by atoms with van der Waals surface area (Å²) in [6.07, 6.45) is 1.68. The van der Waals surface area contributed by atoms with Gasteiger partial charge in [0.25, 0.3) is 5.91 Å². The number of carbonyl (C=O) groups excluding carboxylic acids is 1. The highest BCUT2D eigenvalue weighted by molar-refractivity contribution is 5.93. The fourth-order valence-corrected chi connectivity index (χ4v) is 3.01. The molecular formula is C23H25N3O. The van der Waals surface area contributed by atoms with Crippen LogP contribution in [0.2, 0.25) is 0 Å². The van der Waals surface area contributed by atoms with Gasteiger partial charge in [0.2, 0.25) is 0 Å². The number of aromatic nitrogens is 1. The van der Waals surface area contributed by atoms with Crippen LogP contribution in [0.3, 0.4) is 0 Å². The Hall–Kier alpha value is -3.14. The van der Waals surface area contributed by atoms with Crippen molar-refractivity contribution in [3.63, 3.8) is 0 Å². The lowest BCUT2D eigenvalue weighted by Crippen LogP contribution is -2.31. The van der Waals surface area contributed by atoms with Crippen molar-refractivity contribution in [3.05, 3.63) is 95.8 Å². The highest BCUT2D eigenvalue weighted by Gasteiger charge is 2.16. The highest BCUT2D eigenvalue weighted by atomic mass is 16.2. The largest absolute Gasteiger partial charge is 0.378 e. The summed E-state index contributed by atoms with van der Waals surface area (Å²) in [7, 11) is 0. The first-order valence-electron chi connectivity index (χ1n) is 9.28. The van der Waals surface area contributed by atoms with Crippen LogP contribution in [-0.2, 0) is 6.54 Å². The van der Waals surface area contributed by atoms with Gasteiger partial charge in [-0.2, -0.15) is 0 Å². The van der Waals surface area contributed by atoms with Crippen molar-refractivity contribution in [3.8, 4) is 0 Å². The van der Waals surface area contributed by atoms with E-state index >= 15 is 0 Å². The third kappa shape index (κ3) is 4.94. The van der Waals surface area contributed by atoms with Gasteiger partial charge in [-0.3, -0.25) is 9.78 Å².